The summed E-state index contributed by atoms with van der Waals surface area (Å²) < 4.78 is 27.9. The van der Waals surface area contributed by atoms with E-state index in [0.29, 0.717) is 17.9 Å². The number of halogens is 2. The van der Waals surface area contributed by atoms with Gasteiger partial charge in [-0.1, -0.05) is 30.3 Å². The predicted molar refractivity (Wildman–Crippen MR) is 86.8 cm³/mol. The first-order valence-corrected chi connectivity index (χ1v) is 8.09. The third kappa shape index (κ3) is 2.30. The molecule has 0 saturated carbocycles. The normalized spacial score (nSPS) is 16.7. The molecule has 3 aromatic rings. The summed E-state index contributed by atoms with van der Waals surface area (Å²) in [6.07, 6.45) is 0.935. The summed E-state index contributed by atoms with van der Waals surface area (Å²) in [4.78, 5) is 10.5. The molecule has 116 valence electrons. The summed E-state index contributed by atoms with van der Waals surface area (Å²) in [5.74, 6) is -1.53. The number of fused-ring (bicyclic) bond motifs is 1. The fourth-order valence-electron chi connectivity index (χ4n) is 2.93. The lowest BCUT2D eigenvalue weighted by Crippen LogP contribution is -2.16. The lowest BCUT2D eigenvalue weighted by Gasteiger charge is -2.10. The maximum absolute atomic E-state index is 14.3. The zero-order valence-corrected chi connectivity index (χ0v) is 13.1. The van der Waals surface area contributed by atoms with Crippen molar-refractivity contribution in [3.05, 3.63) is 64.1 Å². The number of nitrogens with zero attached hydrogens (tertiary/aromatic N) is 3. The molecule has 3 heterocycles. The van der Waals surface area contributed by atoms with Crippen LogP contribution in [0.3, 0.4) is 0 Å². The van der Waals surface area contributed by atoms with E-state index in [1.54, 1.807) is 0 Å². The first-order valence-electron chi connectivity index (χ1n) is 7.21. The summed E-state index contributed by atoms with van der Waals surface area (Å²) in [5, 5.41) is 2.73. The van der Waals surface area contributed by atoms with E-state index in [1.165, 1.54) is 11.3 Å². The quantitative estimate of drug-likeness (QED) is 0.710. The molecular weight excluding hydrogens is 316 g/mol. The Balaban J connectivity index is 1.77. The van der Waals surface area contributed by atoms with Gasteiger partial charge in [0.2, 0.25) is 0 Å². The number of aromatic nitrogens is 2. The van der Waals surface area contributed by atoms with Crippen LogP contribution >= 0.6 is 11.3 Å². The van der Waals surface area contributed by atoms with Gasteiger partial charge >= 0.3 is 0 Å². The number of rotatable bonds is 2. The number of hydrogen-bond donors (Lipinski definition) is 0. The van der Waals surface area contributed by atoms with Crippen molar-refractivity contribution in [1.29, 1.82) is 0 Å². The Labute approximate surface area is 136 Å². The maximum atomic E-state index is 14.3. The van der Waals surface area contributed by atoms with Gasteiger partial charge in [0.05, 0.1) is 17.8 Å². The summed E-state index contributed by atoms with van der Waals surface area (Å²) in [6, 6.07) is 9.81. The Morgan fingerprint density at radius 1 is 1.22 bits per heavy atom. The fourth-order valence-corrected chi connectivity index (χ4v) is 3.86. The minimum Gasteiger partial charge on any atom is -0.358 e. The van der Waals surface area contributed by atoms with Crippen LogP contribution < -0.4 is 4.90 Å². The number of benzene rings is 1. The highest BCUT2D eigenvalue weighted by Gasteiger charge is 2.35. The summed E-state index contributed by atoms with van der Waals surface area (Å²) in [6.45, 7) is 0.546. The van der Waals surface area contributed by atoms with Gasteiger partial charge in [-0.05, 0) is 0 Å². The van der Waals surface area contributed by atoms with Gasteiger partial charge in [0.25, 0.3) is 0 Å². The SMILES string of the molecule is CN1CC(c2nc(-c3ccccc3)cs2)c2c1ncc(F)c2F. The number of anilines is 1. The molecule has 0 amide bonds. The Bertz CT molecular complexity index is 864. The molecule has 0 fully saturated rings. The second-order valence-corrected chi connectivity index (χ2v) is 6.42. The molecule has 1 atom stereocenters. The van der Waals surface area contributed by atoms with Gasteiger partial charge in [-0.2, -0.15) is 0 Å². The molecule has 0 bridgehead atoms. The molecule has 0 spiro atoms. The molecule has 2 aromatic heterocycles. The first-order chi connectivity index (χ1) is 11.1. The maximum Gasteiger partial charge on any atom is 0.177 e. The second-order valence-electron chi connectivity index (χ2n) is 5.53. The van der Waals surface area contributed by atoms with Gasteiger partial charge in [-0.25, -0.2) is 18.7 Å². The van der Waals surface area contributed by atoms with Gasteiger partial charge in [-0.15, -0.1) is 11.3 Å². The van der Waals surface area contributed by atoms with Crippen molar-refractivity contribution in [3.8, 4) is 11.3 Å². The van der Waals surface area contributed by atoms with Gasteiger partial charge in [-0.3, -0.25) is 0 Å². The third-order valence-electron chi connectivity index (χ3n) is 4.04. The van der Waals surface area contributed by atoms with E-state index in [1.807, 2.05) is 47.7 Å². The molecule has 6 heteroatoms. The molecule has 3 nitrogen and oxygen atoms in total. The van der Waals surface area contributed by atoms with Crippen LogP contribution in [0.1, 0.15) is 16.5 Å². The minimum absolute atomic E-state index is 0.291. The summed E-state index contributed by atoms with van der Waals surface area (Å²) >= 11 is 1.47. The molecular formula is C17H13F2N3S. The highest BCUT2D eigenvalue weighted by molar-refractivity contribution is 7.10. The smallest absolute Gasteiger partial charge is 0.177 e. The molecule has 4 rings (SSSR count). The number of hydrogen-bond acceptors (Lipinski definition) is 4. The zero-order valence-electron chi connectivity index (χ0n) is 12.3. The summed E-state index contributed by atoms with van der Waals surface area (Å²) in [5.41, 5.74) is 2.17. The van der Waals surface area contributed by atoms with Crippen molar-refractivity contribution in [2.24, 2.45) is 0 Å². The topological polar surface area (TPSA) is 29.0 Å². The average Bonchev–Trinajstić information content (AvgIpc) is 3.17. The van der Waals surface area contributed by atoms with E-state index >= 15 is 0 Å². The van der Waals surface area contributed by atoms with Gasteiger partial charge in [0.1, 0.15) is 10.8 Å². The second kappa shape index (κ2) is 5.38. The van der Waals surface area contributed by atoms with Crippen molar-refractivity contribution in [1.82, 2.24) is 9.97 Å². The predicted octanol–water partition coefficient (Wildman–Crippen LogP) is 4.07. The molecule has 0 saturated heterocycles. The van der Waals surface area contributed by atoms with E-state index in [9.17, 15) is 8.78 Å². The van der Waals surface area contributed by atoms with Crippen molar-refractivity contribution < 1.29 is 8.78 Å². The molecule has 0 radical (unpaired) electrons. The highest BCUT2D eigenvalue weighted by Crippen LogP contribution is 2.41. The molecule has 0 aliphatic carbocycles. The van der Waals surface area contributed by atoms with Crippen molar-refractivity contribution in [3.63, 3.8) is 0 Å². The minimum atomic E-state index is -0.913. The van der Waals surface area contributed by atoms with Crippen LogP contribution in [0, 0.1) is 11.6 Å². The van der Waals surface area contributed by atoms with Crippen LogP contribution in [0.25, 0.3) is 11.3 Å². The standard InChI is InChI=1S/C17H13F2N3S/c1-22-8-11(14-15(19)12(18)7-20-16(14)22)17-21-13(9-23-17)10-5-3-2-4-6-10/h2-7,9,11H,8H2,1H3. The first kappa shape index (κ1) is 14.3. The zero-order chi connectivity index (χ0) is 16.0. The number of thiazole rings is 1. The third-order valence-corrected chi connectivity index (χ3v) is 5.00. The van der Waals surface area contributed by atoms with Gasteiger partial charge in [0, 0.05) is 30.1 Å². The van der Waals surface area contributed by atoms with Crippen LogP contribution in [0.5, 0.6) is 0 Å². The van der Waals surface area contributed by atoms with Crippen LogP contribution in [0.15, 0.2) is 41.9 Å². The lowest BCUT2D eigenvalue weighted by molar-refractivity contribution is 0.494. The number of pyridine rings is 1. The van der Waals surface area contributed by atoms with Crippen molar-refractivity contribution in [2.75, 3.05) is 18.5 Å². The molecule has 1 unspecified atom stereocenters. The molecule has 1 aliphatic heterocycles. The Morgan fingerprint density at radius 3 is 2.78 bits per heavy atom. The van der Waals surface area contributed by atoms with Crippen LogP contribution in [-0.2, 0) is 0 Å². The highest BCUT2D eigenvalue weighted by atomic mass is 32.1. The average molecular weight is 329 g/mol. The molecule has 0 N–H and O–H groups in total. The molecule has 1 aromatic carbocycles. The van der Waals surface area contributed by atoms with Gasteiger partial charge in [0.15, 0.2) is 11.6 Å². The Hall–Kier alpha value is -2.34. The summed E-state index contributed by atoms with van der Waals surface area (Å²) in [7, 11) is 1.83. The van der Waals surface area contributed by atoms with Crippen LogP contribution in [0.4, 0.5) is 14.6 Å². The van der Waals surface area contributed by atoms with E-state index in [-0.39, 0.29) is 5.92 Å². The van der Waals surface area contributed by atoms with Crippen molar-refractivity contribution >= 4 is 17.2 Å². The van der Waals surface area contributed by atoms with E-state index < -0.39 is 11.6 Å². The Morgan fingerprint density at radius 2 is 2.00 bits per heavy atom. The van der Waals surface area contributed by atoms with Crippen molar-refractivity contribution in [2.45, 2.75) is 5.92 Å². The van der Waals surface area contributed by atoms with Crippen LogP contribution in [-0.4, -0.2) is 23.6 Å². The lowest BCUT2D eigenvalue weighted by atomic mass is 10.0. The van der Waals surface area contributed by atoms with Crippen LogP contribution in [0.2, 0.25) is 0 Å². The Kier molecular flexibility index (Phi) is 3.34. The van der Waals surface area contributed by atoms with E-state index in [4.69, 9.17) is 0 Å². The molecule has 23 heavy (non-hydrogen) atoms. The monoisotopic (exact) mass is 329 g/mol. The fraction of sp³-hybridized carbons (Fsp3) is 0.176. The number of likely N-dealkylation sites (N-methyl/N-ethyl adjacent to an activating group) is 1. The van der Waals surface area contributed by atoms with E-state index in [2.05, 4.69) is 9.97 Å². The van der Waals surface area contributed by atoms with E-state index in [0.717, 1.165) is 22.5 Å². The van der Waals surface area contributed by atoms with Gasteiger partial charge < -0.3 is 4.90 Å². The molecule has 1 aliphatic rings. The largest absolute Gasteiger partial charge is 0.358 e.